The lowest BCUT2D eigenvalue weighted by atomic mass is 10.4. The highest BCUT2D eigenvalue weighted by Crippen LogP contribution is 2.21. The van der Waals surface area contributed by atoms with Crippen LogP contribution >= 0.6 is 0 Å². The van der Waals surface area contributed by atoms with Gasteiger partial charge in [0.25, 0.3) is 0 Å². The van der Waals surface area contributed by atoms with Gasteiger partial charge >= 0.3 is 0 Å². The van der Waals surface area contributed by atoms with Gasteiger partial charge in [-0.3, -0.25) is 0 Å². The summed E-state index contributed by atoms with van der Waals surface area (Å²) in [6, 6.07) is 3.88. The predicted molar refractivity (Wildman–Crippen MR) is 70.0 cm³/mol. The van der Waals surface area contributed by atoms with Crippen LogP contribution in [0.4, 0.5) is 0 Å². The summed E-state index contributed by atoms with van der Waals surface area (Å²) in [6.45, 7) is 6.19. The molecule has 0 unspecified atom stereocenters. The van der Waals surface area contributed by atoms with Gasteiger partial charge in [0.15, 0.2) is 11.4 Å². The van der Waals surface area contributed by atoms with Crippen molar-refractivity contribution >= 4 is 5.65 Å². The van der Waals surface area contributed by atoms with Crippen LogP contribution in [0.15, 0.2) is 18.3 Å². The fourth-order valence-electron chi connectivity index (χ4n) is 1.78. The summed E-state index contributed by atoms with van der Waals surface area (Å²) in [5.74, 6) is 0.782. The number of aromatic nitrogens is 2. The minimum Gasteiger partial charge on any atom is -0.487 e. The second-order valence-corrected chi connectivity index (χ2v) is 4.10. The maximum atomic E-state index is 5.69. The van der Waals surface area contributed by atoms with Gasteiger partial charge in [0.2, 0.25) is 0 Å². The van der Waals surface area contributed by atoms with Crippen LogP contribution in [0.1, 0.15) is 11.4 Å². The van der Waals surface area contributed by atoms with E-state index in [4.69, 9.17) is 15.2 Å². The third-order valence-corrected chi connectivity index (χ3v) is 2.84. The molecule has 0 spiro atoms. The Balaban J connectivity index is 2.06. The van der Waals surface area contributed by atoms with Crippen LogP contribution in [0.3, 0.4) is 0 Å². The molecule has 2 heterocycles. The molecule has 0 aliphatic heterocycles. The molecule has 0 atom stereocenters. The van der Waals surface area contributed by atoms with Gasteiger partial charge < -0.3 is 19.6 Å². The molecule has 0 amide bonds. The molecule has 0 saturated heterocycles. The highest BCUT2D eigenvalue weighted by molar-refractivity contribution is 5.55. The minimum atomic E-state index is 0.505. The summed E-state index contributed by atoms with van der Waals surface area (Å²) in [4.78, 5) is 4.50. The highest BCUT2D eigenvalue weighted by Gasteiger charge is 2.08. The first-order chi connectivity index (χ1) is 8.74. The number of ether oxygens (including phenoxy) is 2. The lowest BCUT2D eigenvalue weighted by Gasteiger charge is -2.07. The van der Waals surface area contributed by atoms with Crippen LogP contribution in [0.5, 0.6) is 5.75 Å². The van der Waals surface area contributed by atoms with E-state index in [1.807, 2.05) is 36.6 Å². The number of hydrogen-bond donors (Lipinski definition) is 1. The van der Waals surface area contributed by atoms with E-state index < -0.39 is 0 Å². The summed E-state index contributed by atoms with van der Waals surface area (Å²) in [5.41, 5.74) is 8.34. The van der Waals surface area contributed by atoms with Gasteiger partial charge in [0.05, 0.1) is 18.9 Å². The molecule has 0 aliphatic carbocycles. The van der Waals surface area contributed by atoms with Gasteiger partial charge in [-0.05, 0) is 26.0 Å². The van der Waals surface area contributed by atoms with E-state index in [1.54, 1.807) is 0 Å². The monoisotopic (exact) mass is 249 g/mol. The van der Waals surface area contributed by atoms with Crippen LogP contribution in [0, 0.1) is 13.8 Å². The topological polar surface area (TPSA) is 61.8 Å². The number of nitrogens with zero attached hydrogens (tertiary/aromatic N) is 2. The molecule has 0 aromatic carbocycles. The summed E-state index contributed by atoms with van der Waals surface area (Å²) in [7, 11) is 0. The smallest absolute Gasteiger partial charge is 0.180 e. The second-order valence-electron chi connectivity index (χ2n) is 4.10. The molecule has 2 N–H and O–H groups in total. The standard InChI is InChI=1S/C13H19N3O2/c1-10-11(2)16-6-3-4-12(13(16)15-10)18-9-8-17-7-5-14/h3-4,6H,5,7-9,14H2,1-2H3. The zero-order valence-corrected chi connectivity index (χ0v) is 10.8. The van der Waals surface area contributed by atoms with Crippen molar-refractivity contribution in [2.75, 3.05) is 26.4 Å². The molecule has 5 nitrogen and oxygen atoms in total. The molecule has 2 aromatic rings. The average molecular weight is 249 g/mol. The fourth-order valence-corrected chi connectivity index (χ4v) is 1.78. The van der Waals surface area contributed by atoms with Crippen LogP contribution in [0.2, 0.25) is 0 Å². The first-order valence-corrected chi connectivity index (χ1v) is 6.09. The quantitative estimate of drug-likeness (QED) is 0.784. The Morgan fingerprint density at radius 2 is 2.11 bits per heavy atom. The summed E-state index contributed by atoms with van der Waals surface area (Å²) >= 11 is 0. The van der Waals surface area contributed by atoms with Gasteiger partial charge in [0, 0.05) is 18.4 Å². The van der Waals surface area contributed by atoms with Crippen LogP contribution in [-0.4, -0.2) is 35.8 Å². The van der Waals surface area contributed by atoms with E-state index >= 15 is 0 Å². The molecule has 18 heavy (non-hydrogen) atoms. The van der Waals surface area contributed by atoms with Gasteiger partial charge in [-0.25, -0.2) is 4.98 Å². The van der Waals surface area contributed by atoms with Crippen molar-refractivity contribution in [2.45, 2.75) is 13.8 Å². The molecule has 0 radical (unpaired) electrons. The lowest BCUT2D eigenvalue weighted by Crippen LogP contribution is -2.13. The van der Waals surface area contributed by atoms with Crippen LogP contribution < -0.4 is 10.5 Å². The Bertz CT molecular complexity index is 522. The molecule has 98 valence electrons. The average Bonchev–Trinajstić information content (AvgIpc) is 2.66. The van der Waals surface area contributed by atoms with E-state index in [0.29, 0.717) is 26.4 Å². The number of fused-ring (bicyclic) bond motifs is 1. The third-order valence-electron chi connectivity index (χ3n) is 2.84. The lowest BCUT2D eigenvalue weighted by molar-refractivity contribution is 0.106. The van der Waals surface area contributed by atoms with E-state index in [-0.39, 0.29) is 0 Å². The summed E-state index contributed by atoms with van der Waals surface area (Å²) in [5, 5.41) is 0. The number of hydrogen-bond acceptors (Lipinski definition) is 4. The number of pyridine rings is 1. The molecular formula is C13H19N3O2. The molecule has 0 saturated carbocycles. The molecular weight excluding hydrogens is 230 g/mol. The van der Waals surface area contributed by atoms with E-state index in [2.05, 4.69) is 4.98 Å². The van der Waals surface area contributed by atoms with Crippen LogP contribution in [0.25, 0.3) is 5.65 Å². The van der Waals surface area contributed by atoms with Crippen molar-refractivity contribution in [3.05, 3.63) is 29.7 Å². The Kier molecular flexibility index (Phi) is 4.17. The second kappa shape index (κ2) is 5.84. The van der Waals surface area contributed by atoms with E-state index in [9.17, 15) is 0 Å². The third kappa shape index (κ3) is 2.63. The highest BCUT2D eigenvalue weighted by atomic mass is 16.5. The number of aryl methyl sites for hydroxylation is 2. The molecule has 5 heteroatoms. The number of nitrogens with two attached hydrogens (primary N) is 1. The Morgan fingerprint density at radius 3 is 2.89 bits per heavy atom. The first-order valence-electron chi connectivity index (χ1n) is 6.09. The molecule has 0 fully saturated rings. The SMILES string of the molecule is Cc1nc2c(OCCOCCN)cccn2c1C. The van der Waals surface area contributed by atoms with Crippen molar-refractivity contribution in [3.63, 3.8) is 0 Å². The Morgan fingerprint density at radius 1 is 1.28 bits per heavy atom. The Hall–Kier alpha value is -1.59. The number of imidazole rings is 1. The molecule has 2 rings (SSSR count). The van der Waals surface area contributed by atoms with E-state index in [1.165, 1.54) is 0 Å². The first kappa shape index (κ1) is 12.9. The minimum absolute atomic E-state index is 0.505. The van der Waals surface area contributed by atoms with Crippen molar-refractivity contribution in [1.29, 1.82) is 0 Å². The van der Waals surface area contributed by atoms with Crippen molar-refractivity contribution in [1.82, 2.24) is 9.38 Å². The van der Waals surface area contributed by atoms with Crippen LogP contribution in [-0.2, 0) is 4.74 Å². The maximum Gasteiger partial charge on any atom is 0.180 e. The van der Waals surface area contributed by atoms with E-state index in [0.717, 1.165) is 22.8 Å². The zero-order chi connectivity index (χ0) is 13.0. The number of rotatable bonds is 6. The zero-order valence-electron chi connectivity index (χ0n) is 10.8. The Labute approximate surface area is 107 Å². The van der Waals surface area contributed by atoms with Gasteiger partial charge in [-0.2, -0.15) is 0 Å². The molecule has 0 aliphatic rings. The van der Waals surface area contributed by atoms with Gasteiger partial charge in [-0.15, -0.1) is 0 Å². The van der Waals surface area contributed by atoms with Crippen molar-refractivity contribution in [2.24, 2.45) is 5.73 Å². The molecule has 2 aromatic heterocycles. The maximum absolute atomic E-state index is 5.69. The van der Waals surface area contributed by atoms with Gasteiger partial charge in [-0.1, -0.05) is 0 Å². The largest absolute Gasteiger partial charge is 0.487 e. The van der Waals surface area contributed by atoms with Crippen molar-refractivity contribution < 1.29 is 9.47 Å². The van der Waals surface area contributed by atoms with Gasteiger partial charge in [0.1, 0.15) is 6.61 Å². The molecule has 0 bridgehead atoms. The predicted octanol–water partition coefficient (Wildman–Crippen LogP) is 1.31. The summed E-state index contributed by atoms with van der Waals surface area (Å²) < 4.78 is 13.0. The van der Waals surface area contributed by atoms with Crippen molar-refractivity contribution in [3.8, 4) is 5.75 Å². The normalized spacial score (nSPS) is 11.1. The summed E-state index contributed by atoms with van der Waals surface area (Å²) in [6.07, 6.45) is 1.99. The fraction of sp³-hybridized carbons (Fsp3) is 0.462.